The molecule has 0 aliphatic rings. The summed E-state index contributed by atoms with van der Waals surface area (Å²) in [5.74, 6) is 0.450. The molecule has 0 saturated carbocycles. The third kappa shape index (κ3) is 3.56. The van der Waals surface area contributed by atoms with Crippen LogP contribution in [0.15, 0.2) is 18.2 Å². The van der Waals surface area contributed by atoms with Crippen LogP contribution in [0.4, 0.5) is 0 Å². The fourth-order valence-electron chi connectivity index (χ4n) is 1.68. The molecular formula is C13H18O3S. The number of Topliss-reactive ketones (excluding diaryl/α,β-unsaturated/α-hetero) is 1. The van der Waals surface area contributed by atoms with E-state index in [0.29, 0.717) is 23.3 Å². The number of thiol groups is 1. The Labute approximate surface area is 107 Å². The first-order valence-electron chi connectivity index (χ1n) is 5.56. The van der Waals surface area contributed by atoms with Crippen molar-refractivity contribution in [2.45, 2.75) is 32.5 Å². The highest BCUT2D eigenvalue weighted by atomic mass is 32.1. The quantitative estimate of drug-likeness (QED) is 0.556. The van der Waals surface area contributed by atoms with E-state index in [1.165, 1.54) is 6.92 Å². The lowest BCUT2D eigenvalue weighted by Crippen LogP contribution is -2.20. The predicted octanol–water partition coefficient (Wildman–Crippen LogP) is 1.91. The van der Waals surface area contributed by atoms with Gasteiger partial charge >= 0.3 is 0 Å². The molecule has 1 aromatic rings. The Hall–Kier alpha value is -0.840. The van der Waals surface area contributed by atoms with Crippen LogP contribution >= 0.6 is 12.6 Å². The van der Waals surface area contributed by atoms with E-state index in [1.54, 1.807) is 18.2 Å². The third-order valence-electron chi connectivity index (χ3n) is 2.79. The smallest absolute Gasteiger partial charge is 0.159 e. The topological polar surface area (TPSA) is 57.5 Å². The molecule has 3 nitrogen and oxygen atoms in total. The number of benzene rings is 1. The first-order chi connectivity index (χ1) is 7.97. The largest absolute Gasteiger partial charge is 0.390 e. The summed E-state index contributed by atoms with van der Waals surface area (Å²) in [7, 11) is 0. The van der Waals surface area contributed by atoms with Gasteiger partial charge in [0, 0.05) is 5.56 Å². The molecule has 0 aliphatic carbocycles. The Morgan fingerprint density at radius 2 is 2.06 bits per heavy atom. The molecule has 0 heterocycles. The normalized spacial score (nSPS) is 14.4. The van der Waals surface area contributed by atoms with Crippen LogP contribution in [-0.4, -0.2) is 27.9 Å². The molecule has 94 valence electrons. The second-order valence-electron chi connectivity index (χ2n) is 4.15. The standard InChI is InChI=1S/C13H18O3S/c1-8-3-4-10(9(2)14)7-11(8)13(16)12(15)5-6-17/h3-4,7,12-13,15-17H,5-6H2,1-2H3. The molecule has 2 unspecified atom stereocenters. The first kappa shape index (κ1) is 14.2. The molecule has 0 bridgehead atoms. The van der Waals surface area contributed by atoms with E-state index >= 15 is 0 Å². The van der Waals surface area contributed by atoms with E-state index in [9.17, 15) is 15.0 Å². The van der Waals surface area contributed by atoms with Crippen molar-refractivity contribution < 1.29 is 15.0 Å². The van der Waals surface area contributed by atoms with Crippen LogP contribution < -0.4 is 0 Å². The molecule has 0 amide bonds. The second-order valence-corrected chi connectivity index (χ2v) is 4.60. The Bertz CT molecular complexity index is 404. The Morgan fingerprint density at radius 3 is 2.59 bits per heavy atom. The Balaban J connectivity index is 3.03. The minimum absolute atomic E-state index is 0.0536. The maximum absolute atomic E-state index is 11.3. The van der Waals surface area contributed by atoms with Crippen molar-refractivity contribution in [1.82, 2.24) is 0 Å². The molecule has 1 rings (SSSR count). The van der Waals surface area contributed by atoms with Crippen molar-refractivity contribution in [2.75, 3.05) is 5.75 Å². The molecule has 0 spiro atoms. The average Bonchev–Trinajstić information content (AvgIpc) is 2.28. The van der Waals surface area contributed by atoms with Gasteiger partial charge in [-0.1, -0.05) is 12.1 Å². The second kappa shape index (κ2) is 6.19. The Kier molecular flexibility index (Phi) is 5.18. The van der Waals surface area contributed by atoms with Crippen LogP contribution in [-0.2, 0) is 0 Å². The monoisotopic (exact) mass is 254 g/mol. The van der Waals surface area contributed by atoms with Crippen molar-refractivity contribution in [2.24, 2.45) is 0 Å². The number of aliphatic hydroxyl groups excluding tert-OH is 2. The van der Waals surface area contributed by atoms with Crippen molar-refractivity contribution in [3.63, 3.8) is 0 Å². The number of carbonyl (C=O) groups is 1. The molecule has 0 saturated heterocycles. The SMILES string of the molecule is CC(=O)c1ccc(C)c(C(O)C(O)CCS)c1. The van der Waals surface area contributed by atoms with Crippen LogP contribution in [0, 0.1) is 6.92 Å². The lowest BCUT2D eigenvalue weighted by molar-refractivity contribution is 0.0168. The van der Waals surface area contributed by atoms with Crippen LogP contribution in [0.3, 0.4) is 0 Å². The summed E-state index contributed by atoms with van der Waals surface area (Å²) < 4.78 is 0. The van der Waals surface area contributed by atoms with E-state index in [2.05, 4.69) is 12.6 Å². The van der Waals surface area contributed by atoms with Gasteiger partial charge < -0.3 is 10.2 Å². The lowest BCUT2D eigenvalue weighted by Gasteiger charge is -2.19. The van der Waals surface area contributed by atoms with E-state index in [-0.39, 0.29) is 5.78 Å². The third-order valence-corrected chi connectivity index (χ3v) is 3.05. The first-order valence-corrected chi connectivity index (χ1v) is 6.19. The molecule has 17 heavy (non-hydrogen) atoms. The van der Waals surface area contributed by atoms with Gasteiger partial charge in [0.2, 0.25) is 0 Å². The fraction of sp³-hybridized carbons (Fsp3) is 0.462. The number of carbonyl (C=O) groups excluding carboxylic acids is 1. The highest BCUT2D eigenvalue weighted by molar-refractivity contribution is 7.80. The summed E-state index contributed by atoms with van der Waals surface area (Å²) in [6, 6.07) is 5.14. The fourth-order valence-corrected chi connectivity index (χ4v) is 1.94. The van der Waals surface area contributed by atoms with Gasteiger partial charge in [0.1, 0.15) is 6.10 Å². The number of aliphatic hydroxyl groups is 2. The van der Waals surface area contributed by atoms with Crippen molar-refractivity contribution in [1.29, 1.82) is 0 Å². The maximum atomic E-state index is 11.3. The van der Waals surface area contributed by atoms with Gasteiger partial charge in [-0.25, -0.2) is 0 Å². The van der Waals surface area contributed by atoms with Gasteiger partial charge in [-0.2, -0.15) is 12.6 Å². The van der Waals surface area contributed by atoms with Gasteiger partial charge in [-0.3, -0.25) is 4.79 Å². The zero-order valence-corrected chi connectivity index (χ0v) is 10.9. The summed E-state index contributed by atoms with van der Waals surface area (Å²) in [5, 5.41) is 19.8. The zero-order chi connectivity index (χ0) is 13.0. The highest BCUT2D eigenvalue weighted by Gasteiger charge is 2.20. The van der Waals surface area contributed by atoms with Crippen LogP contribution in [0.5, 0.6) is 0 Å². The molecule has 1 aromatic carbocycles. The molecule has 4 heteroatoms. The molecule has 0 radical (unpaired) electrons. The van der Waals surface area contributed by atoms with Crippen LogP contribution in [0.25, 0.3) is 0 Å². The highest BCUT2D eigenvalue weighted by Crippen LogP contribution is 2.24. The number of hydrogen-bond donors (Lipinski definition) is 3. The predicted molar refractivity (Wildman–Crippen MR) is 70.6 cm³/mol. The zero-order valence-electron chi connectivity index (χ0n) is 10.1. The van der Waals surface area contributed by atoms with Gasteiger partial charge in [-0.15, -0.1) is 0 Å². The summed E-state index contributed by atoms with van der Waals surface area (Å²) in [6.07, 6.45) is -1.41. The minimum atomic E-state index is -0.971. The number of aryl methyl sites for hydroxylation is 1. The molecule has 0 aromatic heterocycles. The van der Waals surface area contributed by atoms with Gasteiger partial charge in [0.25, 0.3) is 0 Å². The van der Waals surface area contributed by atoms with Gasteiger partial charge in [0.05, 0.1) is 6.10 Å². The molecule has 2 N–H and O–H groups in total. The molecule has 0 aliphatic heterocycles. The van der Waals surface area contributed by atoms with E-state index in [0.717, 1.165) is 5.56 Å². The molecule has 0 fully saturated rings. The summed E-state index contributed by atoms with van der Waals surface area (Å²) in [4.78, 5) is 11.3. The molecular weight excluding hydrogens is 236 g/mol. The van der Waals surface area contributed by atoms with E-state index in [4.69, 9.17) is 0 Å². The van der Waals surface area contributed by atoms with E-state index in [1.807, 2.05) is 6.92 Å². The summed E-state index contributed by atoms with van der Waals surface area (Å²) in [5.41, 5.74) is 2.01. The van der Waals surface area contributed by atoms with Crippen molar-refractivity contribution >= 4 is 18.4 Å². The van der Waals surface area contributed by atoms with Gasteiger partial charge in [-0.05, 0) is 43.2 Å². The van der Waals surface area contributed by atoms with Gasteiger partial charge in [0.15, 0.2) is 5.78 Å². The van der Waals surface area contributed by atoms with Crippen LogP contribution in [0.1, 0.15) is 40.9 Å². The lowest BCUT2D eigenvalue weighted by atomic mass is 9.95. The minimum Gasteiger partial charge on any atom is -0.390 e. The van der Waals surface area contributed by atoms with Crippen molar-refractivity contribution in [3.8, 4) is 0 Å². The molecule has 2 atom stereocenters. The average molecular weight is 254 g/mol. The van der Waals surface area contributed by atoms with E-state index < -0.39 is 12.2 Å². The summed E-state index contributed by atoms with van der Waals surface area (Å²) in [6.45, 7) is 3.32. The number of ketones is 1. The number of hydrogen-bond acceptors (Lipinski definition) is 4. The maximum Gasteiger partial charge on any atom is 0.159 e. The van der Waals surface area contributed by atoms with Crippen LogP contribution in [0.2, 0.25) is 0 Å². The number of rotatable bonds is 5. The Morgan fingerprint density at radius 1 is 1.41 bits per heavy atom. The summed E-state index contributed by atoms with van der Waals surface area (Å²) >= 11 is 4.02. The van der Waals surface area contributed by atoms with Crippen molar-refractivity contribution in [3.05, 3.63) is 34.9 Å².